The Balaban J connectivity index is 2.45. The first kappa shape index (κ1) is 15.6. The minimum absolute atomic E-state index is 0.168. The van der Waals surface area contributed by atoms with Crippen molar-refractivity contribution in [2.75, 3.05) is 25.6 Å². The van der Waals surface area contributed by atoms with Gasteiger partial charge in [0, 0.05) is 32.6 Å². The largest absolute Gasteiger partial charge is 0.385 e. The molecule has 0 radical (unpaired) electrons. The van der Waals surface area contributed by atoms with Crippen LogP contribution < -0.4 is 11.1 Å². The molecule has 0 saturated heterocycles. The van der Waals surface area contributed by atoms with Crippen molar-refractivity contribution < 1.29 is 14.3 Å². The topological polar surface area (TPSA) is 73.6 Å². The summed E-state index contributed by atoms with van der Waals surface area (Å²) in [4.78, 5) is 11.9. The van der Waals surface area contributed by atoms with Crippen LogP contribution in [-0.2, 0) is 20.8 Å². The van der Waals surface area contributed by atoms with E-state index < -0.39 is 6.10 Å². The Hall–Kier alpha value is -1.43. The second kappa shape index (κ2) is 8.63. The second-order valence-electron chi connectivity index (χ2n) is 4.21. The minimum atomic E-state index is -0.498. The molecule has 0 aliphatic rings. The highest BCUT2D eigenvalue weighted by Gasteiger charge is 2.14. The number of carbonyl (C=O) groups is 1. The predicted octanol–water partition coefficient (Wildman–Crippen LogP) is 1.53. The maximum absolute atomic E-state index is 11.9. The minimum Gasteiger partial charge on any atom is -0.385 e. The van der Waals surface area contributed by atoms with Gasteiger partial charge in [-0.05, 0) is 25.0 Å². The van der Waals surface area contributed by atoms with E-state index in [0.29, 0.717) is 19.8 Å². The van der Waals surface area contributed by atoms with Gasteiger partial charge in [0.25, 0.3) is 5.91 Å². The standard InChI is InChI=1S/C14H22N2O3/c1-11(19-9-5-8-18-2)14(17)16-13-7-4-3-6-12(13)10-15/h3-4,6-7,11H,5,8-10,15H2,1-2H3,(H,16,17). The van der Waals surface area contributed by atoms with E-state index in [9.17, 15) is 4.79 Å². The number of nitrogens with two attached hydrogens (primary N) is 1. The molecule has 5 heteroatoms. The van der Waals surface area contributed by atoms with E-state index in [-0.39, 0.29) is 5.91 Å². The molecule has 1 unspecified atom stereocenters. The molecular formula is C14H22N2O3. The molecule has 19 heavy (non-hydrogen) atoms. The number of anilines is 1. The number of benzene rings is 1. The third-order valence-corrected chi connectivity index (χ3v) is 2.73. The highest BCUT2D eigenvalue weighted by Crippen LogP contribution is 2.14. The Bertz CT molecular complexity index is 396. The molecular weight excluding hydrogens is 244 g/mol. The van der Waals surface area contributed by atoms with Crippen molar-refractivity contribution in [3.8, 4) is 0 Å². The van der Waals surface area contributed by atoms with Gasteiger partial charge in [-0.15, -0.1) is 0 Å². The van der Waals surface area contributed by atoms with Crippen LogP contribution in [0.2, 0.25) is 0 Å². The molecule has 1 amide bonds. The van der Waals surface area contributed by atoms with Crippen molar-refractivity contribution in [1.29, 1.82) is 0 Å². The van der Waals surface area contributed by atoms with E-state index in [2.05, 4.69) is 5.32 Å². The van der Waals surface area contributed by atoms with Gasteiger partial charge in [0.1, 0.15) is 6.10 Å². The van der Waals surface area contributed by atoms with Crippen LogP contribution in [0.3, 0.4) is 0 Å². The molecule has 1 aromatic carbocycles. The Morgan fingerprint density at radius 3 is 2.79 bits per heavy atom. The van der Waals surface area contributed by atoms with Crippen LogP contribution in [0.5, 0.6) is 0 Å². The summed E-state index contributed by atoms with van der Waals surface area (Å²) in [6, 6.07) is 7.47. The zero-order valence-corrected chi connectivity index (χ0v) is 11.5. The maximum atomic E-state index is 11.9. The van der Waals surface area contributed by atoms with Crippen molar-refractivity contribution in [2.24, 2.45) is 5.73 Å². The Morgan fingerprint density at radius 2 is 2.11 bits per heavy atom. The highest BCUT2D eigenvalue weighted by molar-refractivity contribution is 5.94. The first-order valence-corrected chi connectivity index (χ1v) is 6.38. The molecule has 0 fully saturated rings. The molecule has 0 aromatic heterocycles. The van der Waals surface area contributed by atoms with E-state index >= 15 is 0 Å². The summed E-state index contributed by atoms with van der Waals surface area (Å²) >= 11 is 0. The normalized spacial score (nSPS) is 12.2. The van der Waals surface area contributed by atoms with Crippen LogP contribution in [0, 0.1) is 0 Å². The highest BCUT2D eigenvalue weighted by atomic mass is 16.5. The summed E-state index contributed by atoms with van der Waals surface area (Å²) in [7, 11) is 1.64. The van der Waals surface area contributed by atoms with Crippen molar-refractivity contribution in [3.05, 3.63) is 29.8 Å². The average molecular weight is 266 g/mol. The molecule has 1 rings (SSSR count). The van der Waals surface area contributed by atoms with Gasteiger partial charge in [0.2, 0.25) is 0 Å². The van der Waals surface area contributed by atoms with Crippen molar-refractivity contribution in [2.45, 2.75) is 26.0 Å². The number of rotatable bonds is 8. The fourth-order valence-electron chi connectivity index (χ4n) is 1.59. The Morgan fingerprint density at radius 1 is 1.37 bits per heavy atom. The van der Waals surface area contributed by atoms with E-state index in [0.717, 1.165) is 17.7 Å². The molecule has 1 atom stereocenters. The van der Waals surface area contributed by atoms with E-state index in [4.69, 9.17) is 15.2 Å². The summed E-state index contributed by atoms with van der Waals surface area (Å²) in [6.07, 6.45) is 0.274. The molecule has 5 nitrogen and oxygen atoms in total. The molecule has 0 aliphatic heterocycles. The van der Waals surface area contributed by atoms with Crippen LogP contribution in [0.15, 0.2) is 24.3 Å². The van der Waals surface area contributed by atoms with Gasteiger partial charge >= 0.3 is 0 Å². The summed E-state index contributed by atoms with van der Waals surface area (Å²) < 4.78 is 10.3. The number of amides is 1. The number of para-hydroxylation sites is 1. The lowest BCUT2D eigenvalue weighted by Crippen LogP contribution is -2.28. The zero-order valence-electron chi connectivity index (χ0n) is 11.5. The fourth-order valence-corrected chi connectivity index (χ4v) is 1.59. The summed E-state index contributed by atoms with van der Waals surface area (Å²) in [5, 5.41) is 2.83. The van der Waals surface area contributed by atoms with E-state index in [1.54, 1.807) is 14.0 Å². The van der Waals surface area contributed by atoms with E-state index in [1.165, 1.54) is 0 Å². The fraction of sp³-hybridized carbons (Fsp3) is 0.500. The van der Waals surface area contributed by atoms with Gasteiger partial charge in [0.05, 0.1) is 0 Å². The van der Waals surface area contributed by atoms with Gasteiger partial charge in [-0.3, -0.25) is 4.79 Å². The number of nitrogens with one attached hydrogen (secondary N) is 1. The third-order valence-electron chi connectivity index (χ3n) is 2.73. The molecule has 0 aliphatic carbocycles. The van der Waals surface area contributed by atoms with Gasteiger partial charge in [0.15, 0.2) is 0 Å². The quantitative estimate of drug-likeness (QED) is 0.700. The van der Waals surface area contributed by atoms with Gasteiger partial charge in [-0.25, -0.2) is 0 Å². The van der Waals surface area contributed by atoms with Crippen LogP contribution in [0.25, 0.3) is 0 Å². The summed E-state index contributed by atoms with van der Waals surface area (Å²) in [5.41, 5.74) is 7.26. The van der Waals surface area contributed by atoms with Crippen molar-refractivity contribution >= 4 is 11.6 Å². The van der Waals surface area contributed by atoms with Gasteiger partial charge < -0.3 is 20.5 Å². The Labute approximate surface area is 114 Å². The van der Waals surface area contributed by atoms with Crippen LogP contribution in [0.4, 0.5) is 5.69 Å². The lowest BCUT2D eigenvalue weighted by Gasteiger charge is -2.15. The maximum Gasteiger partial charge on any atom is 0.253 e. The SMILES string of the molecule is COCCCOC(C)C(=O)Nc1ccccc1CN. The van der Waals surface area contributed by atoms with Crippen molar-refractivity contribution in [1.82, 2.24) is 0 Å². The lowest BCUT2D eigenvalue weighted by molar-refractivity contribution is -0.126. The zero-order chi connectivity index (χ0) is 14.1. The monoisotopic (exact) mass is 266 g/mol. The number of carbonyl (C=O) groups excluding carboxylic acids is 1. The molecule has 0 saturated carbocycles. The number of hydrogen-bond donors (Lipinski definition) is 2. The molecule has 0 heterocycles. The first-order valence-electron chi connectivity index (χ1n) is 6.38. The van der Waals surface area contributed by atoms with Crippen LogP contribution in [0.1, 0.15) is 18.9 Å². The number of methoxy groups -OCH3 is 1. The van der Waals surface area contributed by atoms with Gasteiger partial charge in [-0.1, -0.05) is 18.2 Å². The molecule has 106 valence electrons. The van der Waals surface area contributed by atoms with Crippen LogP contribution in [-0.4, -0.2) is 32.3 Å². The summed E-state index contributed by atoms with van der Waals surface area (Å²) in [6.45, 7) is 3.25. The van der Waals surface area contributed by atoms with Crippen LogP contribution >= 0.6 is 0 Å². The van der Waals surface area contributed by atoms with Crippen molar-refractivity contribution in [3.63, 3.8) is 0 Å². The molecule has 0 bridgehead atoms. The third kappa shape index (κ3) is 5.38. The first-order chi connectivity index (χ1) is 9.19. The smallest absolute Gasteiger partial charge is 0.253 e. The molecule has 0 spiro atoms. The molecule has 1 aromatic rings. The van der Waals surface area contributed by atoms with Gasteiger partial charge in [-0.2, -0.15) is 0 Å². The average Bonchev–Trinajstić information content (AvgIpc) is 2.44. The number of ether oxygens (including phenoxy) is 2. The number of hydrogen-bond acceptors (Lipinski definition) is 4. The van der Waals surface area contributed by atoms with E-state index in [1.807, 2.05) is 24.3 Å². The summed E-state index contributed by atoms with van der Waals surface area (Å²) in [5.74, 6) is -0.168. The Kier molecular flexibility index (Phi) is 7.10. The predicted molar refractivity (Wildman–Crippen MR) is 74.9 cm³/mol. The lowest BCUT2D eigenvalue weighted by atomic mass is 10.1. The molecule has 3 N–H and O–H groups in total. The second-order valence-corrected chi connectivity index (χ2v) is 4.21.